The first-order chi connectivity index (χ1) is 7.98. The van der Waals surface area contributed by atoms with Gasteiger partial charge in [-0.05, 0) is 5.53 Å². The van der Waals surface area contributed by atoms with E-state index in [0.29, 0.717) is 39.4 Å². The van der Waals surface area contributed by atoms with E-state index in [9.17, 15) is 4.79 Å². The van der Waals surface area contributed by atoms with Gasteiger partial charge in [0.05, 0.1) is 26.4 Å². The summed E-state index contributed by atoms with van der Waals surface area (Å²) in [4.78, 5) is 14.1. The lowest BCUT2D eigenvalue weighted by Gasteiger charge is -2.16. The standard InChI is InChI=1S/C11H21N3O3/c1-11(2,3)10(15)4-6-16-8-9-17-7-5-13-14-12/h4-9H2,1-3H3. The van der Waals surface area contributed by atoms with Gasteiger partial charge in [-0.2, -0.15) is 0 Å². The van der Waals surface area contributed by atoms with Gasteiger partial charge < -0.3 is 9.47 Å². The lowest BCUT2D eigenvalue weighted by Crippen LogP contribution is -2.21. The summed E-state index contributed by atoms with van der Waals surface area (Å²) in [6, 6.07) is 0. The molecular formula is C11H21N3O3. The van der Waals surface area contributed by atoms with Crippen molar-refractivity contribution in [3.63, 3.8) is 0 Å². The Morgan fingerprint density at radius 1 is 1.18 bits per heavy atom. The zero-order chi connectivity index (χ0) is 13.1. The molecule has 0 aromatic carbocycles. The second-order valence-electron chi connectivity index (χ2n) is 4.60. The first kappa shape index (κ1) is 15.9. The number of nitrogens with zero attached hydrogens (tertiary/aromatic N) is 3. The highest BCUT2D eigenvalue weighted by Crippen LogP contribution is 2.16. The smallest absolute Gasteiger partial charge is 0.140 e. The Hall–Kier alpha value is -1.10. The predicted molar refractivity (Wildman–Crippen MR) is 64.7 cm³/mol. The van der Waals surface area contributed by atoms with Crippen LogP contribution in [0.1, 0.15) is 27.2 Å². The van der Waals surface area contributed by atoms with Crippen LogP contribution in [0.5, 0.6) is 0 Å². The molecule has 0 amide bonds. The maximum atomic E-state index is 11.5. The van der Waals surface area contributed by atoms with Crippen LogP contribution in [0.3, 0.4) is 0 Å². The minimum Gasteiger partial charge on any atom is -0.379 e. The van der Waals surface area contributed by atoms with Crippen molar-refractivity contribution in [3.05, 3.63) is 10.4 Å². The van der Waals surface area contributed by atoms with Gasteiger partial charge in [0.1, 0.15) is 5.78 Å². The van der Waals surface area contributed by atoms with Crippen LogP contribution >= 0.6 is 0 Å². The van der Waals surface area contributed by atoms with E-state index in [1.165, 1.54) is 0 Å². The van der Waals surface area contributed by atoms with Crippen molar-refractivity contribution < 1.29 is 14.3 Å². The third kappa shape index (κ3) is 9.81. The van der Waals surface area contributed by atoms with E-state index in [1.54, 1.807) is 0 Å². The Morgan fingerprint density at radius 2 is 1.76 bits per heavy atom. The number of rotatable bonds is 9. The van der Waals surface area contributed by atoms with Crippen LogP contribution in [0.4, 0.5) is 0 Å². The summed E-state index contributed by atoms with van der Waals surface area (Å²) in [7, 11) is 0. The molecule has 0 rings (SSSR count). The van der Waals surface area contributed by atoms with Gasteiger partial charge in [0.25, 0.3) is 0 Å². The summed E-state index contributed by atoms with van der Waals surface area (Å²) in [6.07, 6.45) is 0.433. The summed E-state index contributed by atoms with van der Waals surface area (Å²) in [6.45, 7) is 7.75. The normalized spacial score (nSPS) is 11.0. The van der Waals surface area contributed by atoms with Gasteiger partial charge >= 0.3 is 0 Å². The number of hydrogen-bond donors (Lipinski definition) is 0. The molecule has 0 unspecified atom stereocenters. The monoisotopic (exact) mass is 243 g/mol. The second-order valence-corrected chi connectivity index (χ2v) is 4.60. The SMILES string of the molecule is CC(C)(C)C(=O)CCOCCOCCN=[N+]=[N-]. The van der Waals surface area contributed by atoms with Crippen LogP contribution in [0.2, 0.25) is 0 Å². The van der Waals surface area contributed by atoms with Crippen molar-refractivity contribution in [1.29, 1.82) is 0 Å². The molecule has 0 aliphatic carbocycles. The average Bonchev–Trinajstić information content (AvgIpc) is 2.25. The summed E-state index contributed by atoms with van der Waals surface area (Å²) >= 11 is 0. The molecule has 0 spiro atoms. The zero-order valence-electron chi connectivity index (χ0n) is 10.8. The first-order valence-electron chi connectivity index (χ1n) is 5.68. The van der Waals surface area contributed by atoms with Gasteiger partial charge in [-0.1, -0.05) is 25.9 Å². The molecule has 98 valence electrons. The van der Waals surface area contributed by atoms with Crippen molar-refractivity contribution in [2.45, 2.75) is 27.2 Å². The van der Waals surface area contributed by atoms with Gasteiger partial charge in [0.2, 0.25) is 0 Å². The Labute approximate surface area is 102 Å². The zero-order valence-corrected chi connectivity index (χ0v) is 10.8. The van der Waals surface area contributed by atoms with Crippen LogP contribution in [-0.4, -0.2) is 38.8 Å². The third-order valence-electron chi connectivity index (χ3n) is 2.08. The van der Waals surface area contributed by atoms with Crippen molar-refractivity contribution in [2.75, 3.05) is 33.0 Å². The van der Waals surface area contributed by atoms with Gasteiger partial charge in [0.15, 0.2) is 0 Å². The highest BCUT2D eigenvalue weighted by Gasteiger charge is 2.20. The molecule has 0 aliphatic heterocycles. The van der Waals surface area contributed by atoms with Crippen molar-refractivity contribution in [1.82, 2.24) is 0 Å². The summed E-state index contributed by atoms with van der Waals surface area (Å²) in [5.74, 6) is 0.196. The van der Waals surface area contributed by atoms with Crippen LogP contribution in [0.15, 0.2) is 5.11 Å². The Balaban J connectivity index is 3.30. The lowest BCUT2D eigenvalue weighted by atomic mass is 9.89. The van der Waals surface area contributed by atoms with Gasteiger partial charge in [0, 0.05) is 23.3 Å². The van der Waals surface area contributed by atoms with E-state index < -0.39 is 0 Å². The van der Waals surface area contributed by atoms with Crippen LogP contribution in [-0.2, 0) is 14.3 Å². The predicted octanol–water partition coefficient (Wildman–Crippen LogP) is 2.34. The number of azide groups is 1. The molecular weight excluding hydrogens is 222 g/mol. The minimum atomic E-state index is -0.296. The molecule has 0 fully saturated rings. The molecule has 0 bridgehead atoms. The lowest BCUT2D eigenvalue weighted by molar-refractivity contribution is -0.127. The number of ketones is 1. The topological polar surface area (TPSA) is 84.3 Å². The molecule has 0 radical (unpaired) electrons. The molecule has 0 heterocycles. The Bertz CT molecular complexity index is 268. The largest absolute Gasteiger partial charge is 0.379 e. The van der Waals surface area contributed by atoms with Crippen molar-refractivity contribution >= 4 is 5.78 Å². The number of Topliss-reactive ketones (excluding diaryl/α,β-unsaturated/α-hetero) is 1. The number of ether oxygens (including phenoxy) is 2. The Morgan fingerprint density at radius 3 is 2.29 bits per heavy atom. The summed E-state index contributed by atoms with van der Waals surface area (Å²) in [5, 5.41) is 3.33. The molecule has 6 heteroatoms. The average molecular weight is 243 g/mol. The fourth-order valence-electron chi connectivity index (χ4n) is 1.01. The van der Waals surface area contributed by atoms with E-state index in [4.69, 9.17) is 15.0 Å². The van der Waals surface area contributed by atoms with Crippen LogP contribution < -0.4 is 0 Å². The summed E-state index contributed by atoms with van der Waals surface area (Å²) < 4.78 is 10.4. The maximum Gasteiger partial charge on any atom is 0.140 e. The Kier molecular flexibility index (Phi) is 8.40. The van der Waals surface area contributed by atoms with Gasteiger partial charge in [-0.25, -0.2) is 0 Å². The molecule has 0 aromatic rings. The molecule has 0 aromatic heterocycles. The van der Waals surface area contributed by atoms with E-state index in [0.717, 1.165) is 0 Å². The number of carbonyl (C=O) groups is 1. The fraction of sp³-hybridized carbons (Fsp3) is 0.909. The van der Waals surface area contributed by atoms with Crippen molar-refractivity contribution in [3.8, 4) is 0 Å². The molecule has 0 aliphatic rings. The highest BCUT2D eigenvalue weighted by atomic mass is 16.5. The summed E-state index contributed by atoms with van der Waals surface area (Å²) in [5.41, 5.74) is 7.71. The van der Waals surface area contributed by atoms with Gasteiger partial charge in [-0.15, -0.1) is 0 Å². The number of carbonyl (C=O) groups excluding carboxylic acids is 1. The second kappa shape index (κ2) is 8.98. The van der Waals surface area contributed by atoms with E-state index >= 15 is 0 Å². The number of hydrogen-bond acceptors (Lipinski definition) is 4. The van der Waals surface area contributed by atoms with Gasteiger partial charge in [-0.3, -0.25) is 4.79 Å². The molecule has 0 saturated heterocycles. The van der Waals surface area contributed by atoms with Crippen molar-refractivity contribution in [2.24, 2.45) is 10.5 Å². The minimum absolute atomic E-state index is 0.196. The first-order valence-corrected chi connectivity index (χ1v) is 5.68. The molecule has 0 N–H and O–H groups in total. The van der Waals surface area contributed by atoms with E-state index in [1.807, 2.05) is 20.8 Å². The molecule has 17 heavy (non-hydrogen) atoms. The van der Waals surface area contributed by atoms with Crippen LogP contribution in [0, 0.1) is 5.41 Å². The molecule has 6 nitrogen and oxygen atoms in total. The van der Waals surface area contributed by atoms with Crippen LogP contribution in [0.25, 0.3) is 10.4 Å². The quantitative estimate of drug-likeness (QED) is 0.269. The molecule has 0 saturated carbocycles. The van der Waals surface area contributed by atoms with E-state index in [2.05, 4.69) is 10.0 Å². The molecule has 0 atom stereocenters. The fourth-order valence-corrected chi connectivity index (χ4v) is 1.01. The third-order valence-corrected chi connectivity index (χ3v) is 2.08. The maximum absolute atomic E-state index is 11.5. The highest BCUT2D eigenvalue weighted by molar-refractivity contribution is 5.83. The van der Waals surface area contributed by atoms with E-state index in [-0.39, 0.29) is 11.2 Å².